The minimum atomic E-state index is -0.138. The van der Waals surface area contributed by atoms with E-state index in [1.54, 1.807) is 0 Å². The summed E-state index contributed by atoms with van der Waals surface area (Å²) in [5, 5.41) is 0. The third-order valence-corrected chi connectivity index (χ3v) is 14.0. The van der Waals surface area contributed by atoms with Crippen molar-refractivity contribution in [1.82, 2.24) is 0 Å². The van der Waals surface area contributed by atoms with Crippen LogP contribution >= 0.6 is 0 Å². The lowest BCUT2D eigenvalue weighted by Crippen LogP contribution is -2.64. The molecule has 4 fully saturated rings. The molecular weight excluding hydrogens is 440 g/mol. The first-order valence-electron chi connectivity index (χ1n) is 15.6. The highest BCUT2D eigenvalue weighted by Gasteiger charge is 2.69. The summed E-state index contributed by atoms with van der Waals surface area (Å²) in [4.78, 5) is 11.2. The zero-order valence-corrected chi connectivity index (χ0v) is 24.9. The Balaban J connectivity index is 1.38. The molecule has 0 aromatic heterocycles. The van der Waals surface area contributed by atoms with Crippen molar-refractivity contribution >= 4 is 5.97 Å². The van der Waals surface area contributed by atoms with Crippen molar-refractivity contribution in [1.29, 1.82) is 0 Å². The summed E-state index contributed by atoms with van der Waals surface area (Å²) in [5.41, 5.74) is 2.15. The standard InChI is InChI=1S/C34H56O2/c1-23(11-9-22-36-24(2)35)25-14-19-31(5)26(25)15-20-33(7)28(31)12-13-29-32(6)18-10-17-30(3,4)27(32)16-21-34(29,33)8/h16,21,23,25-29H,9-15,17-20,22H2,1-8H3. The normalized spacial score (nSPS) is 49.8. The largest absolute Gasteiger partial charge is 0.466 e. The number of esters is 1. The highest BCUT2D eigenvalue weighted by Crippen LogP contribution is 2.76. The van der Waals surface area contributed by atoms with E-state index in [1.807, 2.05) is 0 Å². The summed E-state index contributed by atoms with van der Waals surface area (Å²) in [6, 6.07) is 0. The number of fused-ring (bicyclic) bond motifs is 7. The first-order chi connectivity index (χ1) is 16.8. The van der Waals surface area contributed by atoms with E-state index < -0.39 is 0 Å². The molecule has 5 rings (SSSR count). The van der Waals surface area contributed by atoms with Crippen molar-refractivity contribution in [3.05, 3.63) is 12.2 Å². The van der Waals surface area contributed by atoms with Gasteiger partial charge in [-0.3, -0.25) is 4.79 Å². The molecule has 0 amide bonds. The first-order valence-corrected chi connectivity index (χ1v) is 15.6. The Labute approximate surface area is 222 Å². The first kappa shape index (κ1) is 26.8. The Kier molecular flexibility index (Phi) is 6.61. The summed E-state index contributed by atoms with van der Waals surface area (Å²) >= 11 is 0. The number of hydrogen-bond acceptors (Lipinski definition) is 2. The molecule has 5 aliphatic carbocycles. The average Bonchev–Trinajstić information content (AvgIpc) is 3.13. The van der Waals surface area contributed by atoms with Crippen LogP contribution in [0.3, 0.4) is 0 Å². The number of carbonyl (C=O) groups is 1. The van der Waals surface area contributed by atoms with Gasteiger partial charge >= 0.3 is 5.97 Å². The molecule has 0 N–H and O–H groups in total. The summed E-state index contributed by atoms with van der Waals surface area (Å²) in [6.07, 6.45) is 20.5. The smallest absolute Gasteiger partial charge is 0.302 e. The fourth-order valence-electron chi connectivity index (χ4n) is 12.1. The van der Waals surface area contributed by atoms with Crippen LogP contribution in [0, 0.1) is 62.6 Å². The van der Waals surface area contributed by atoms with Gasteiger partial charge in [-0.2, -0.15) is 0 Å². The minimum Gasteiger partial charge on any atom is -0.466 e. The molecule has 0 saturated heterocycles. The molecule has 36 heavy (non-hydrogen) atoms. The van der Waals surface area contributed by atoms with Crippen molar-refractivity contribution in [2.75, 3.05) is 6.61 Å². The van der Waals surface area contributed by atoms with Crippen LogP contribution in [0.25, 0.3) is 0 Å². The van der Waals surface area contributed by atoms with E-state index in [0.29, 0.717) is 33.7 Å². The Bertz CT molecular complexity index is 888. The van der Waals surface area contributed by atoms with Crippen LogP contribution in [-0.4, -0.2) is 12.6 Å². The van der Waals surface area contributed by atoms with E-state index in [9.17, 15) is 4.79 Å². The van der Waals surface area contributed by atoms with Crippen LogP contribution in [0.1, 0.15) is 126 Å². The van der Waals surface area contributed by atoms with Gasteiger partial charge in [-0.25, -0.2) is 0 Å². The molecule has 0 bridgehead atoms. The lowest BCUT2D eigenvalue weighted by molar-refractivity contribution is -0.198. The summed E-state index contributed by atoms with van der Waals surface area (Å²) in [7, 11) is 0. The quantitative estimate of drug-likeness (QED) is 0.215. The van der Waals surface area contributed by atoms with Crippen molar-refractivity contribution < 1.29 is 9.53 Å². The topological polar surface area (TPSA) is 26.3 Å². The summed E-state index contributed by atoms with van der Waals surface area (Å²) in [5.74, 6) is 4.76. The average molecular weight is 497 g/mol. The van der Waals surface area contributed by atoms with Crippen molar-refractivity contribution in [2.24, 2.45) is 62.6 Å². The molecule has 0 aromatic rings. The molecule has 5 aliphatic rings. The maximum atomic E-state index is 11.2. The molecular formula is C34H56O2. The van der Waals surface area contributed by atoms with Crippen molar-refractivity contribution in [2.45, 2.75) is 126 Å². The minimum absolute atomic E-state index is 0.138. The number of carbonyl (C=O) groups excluding carboxylic acids is 1. The van der Waals surface area contributed by atoms with Gasteiger partial charge in [0.2, 0.25) is 0 Å². The monoisotopic (exact) mass is 496 g/mol. The Morgan fingerprint density at radius 2 is 1.64 bits per heavy atom. The molecule has 4 saturated carbocycles. The molecule has 2 heteroatoms. The lowest BCUT2D eigenvalue weighted by Gasteiger charge is -2.71. The highest BCUT2D eigenvalue weighted by molar-refractivity contribution is 5.65. The van der Waals surface area contributed by atoms with Crippen LogP contribution < -0.4 is 0 Å². The predicted molar refractivity (Wildman–Crippen MR) is 149 cm³/mol. The van der Waals surface area contributed by atoms with E-state index in [-0.39, 0.29) is 5.97 Å². The van der Waals surface area contributed by atoms with E-state index >= 15 is 0 Å². The van der Waals surface area contributed by atoms with Gasteiger partial charge in [0, 0.05) is 6.92 Å². The number of hydrogen-bond donors (Lipinski definition) is 0. The van der Waals surface area contributed by atoms with Gasteiger partial charge in [-0.15, -0.1) is 0 Å². The van der Waals surface area contributed by atoms with Gasteiger partial charge in [-0.05, 0) is 127 Å². The van der Waals surface area contributed by atoms with Crippen molar-refractivity contribution in [3.8, 4) is 0 Å². The van der Waals surface area contributed by atoms with Gasteiger partial charge in [0.15, 0.2) is 0 Å². The molecule has 0 aliphatic heterocycles. The SMILES string of the molecule is CC(=O)OCCCC(C)C1CCC2(C)C1CCC1(C)C2CCC2C3(C)CCCC(C)(C)C3C=CC21C. The van der Waals surface area contributed by atoms with Gasteiger partial charge in [-0.1, -0.05) is 67.0 Å². The van der Waals surface area contributed by atoms with Crippen LogP contribution in [0.5, 0.6) is 0 Å². The molecule has 10 atom stereocenters. The van der Waals surface area contributed by atoms with Gasteiger partial charge in [0.05, 0.1) is 6.61 Å². The fourth-order valence-corrected chi connectivity index (χ4v) is 12.1. The van der Waals surface area contributed by atoms with Gasteiger partial charge < -0.3 is 4.74 Å². The molecule has 0 heterocycles. The second-order valence-corrected chi connectivity index (χ2v) is 15.9. The number of rotatable bonds is 5. The number of ether oxygens (including phenoxy) is 1. The summed E-state index contributed by atoms with van der Waals surface area (Å²) < 4.78 is 5.24. The maximum absolute atomic E-state index is 11.2. The zero-order valence-electron chi connectivity index (χ0n) is 24.9. The second kappa shape index (κ2) is 8.87. The molecule has 10 unspecified atom stereocenters. The van der Waals surface area contributed by atoms with E-state index in [1.165, 1.54) is 71.1 Å². The third-order valence-electron chi connectivity index (χ3n) is 14.0. The van der Waals surface area contributed by atoms with Crippen LogP contribution in [0.15, 0.2) is 12.2 Å². The van der Waals surface area contributed by atoms with Crippen LogP contribution in [-0.2, 0) is 9.53 Å². The third kappa shape index (κ3) is 3.72. The molecule has 0 radical (unpaired) electrons. The fraction of sp³-hybridized carbons (Fsp3) is 0.912. The Morgan fingerprint density at radius 1 is 0.917 bits per heavy atom. The van der Waals surface area contributed by atoms with E-state index in [0.717, 1.165) is 41.9 Å². The summed E-state index contributed by atoms with van der Waals surface area (Å²) in [6.45, 7) is 20.6. The van der Waals surface area contributed by atoms with Gasteiger partial charge in [0.1, 0.15) is 0 Å². The van der Waals surface area contributed by atoms with Crippen LogP contribution in [0.4, 0.5) is 0 Å². The predicted octanol–water partition coefficient (Wildman–Crippen LogP) is 9.23. The maximum Gasteiger partial charge on any atom is 0.302 e. The van der Waals surface area contributed by atoms with Crippen LogP contribution in [0.2, 0.25) is 0 Å². The highest BCUT2D eigenvalue weighted by atomic mass is 16.5. The number of allylic oxidation sites excluding steroid dienone is 2. The lowest BCUT2D eigenvalue weighted by atomic mass is 9.33. The van der Waals surface area contributed by atoms with E-state index in [4.69, 9.17) is 4.74 Å². The molecule has 0 aromatic carbocycles. The molecule has 0 spiro atoms. The van der Waals surface area contributed by atoms with Gasteiger partial charge in [0.25, 0.3) is 0 Å². The zero-order chi connectivity index (χ0) is 26.1. The Hall–Kier alpha value is -0.790. The Morgan fingerprint density at radius 3 is 2.36 bits per heavy atom. The molecule has 2 nitrogen and oxygen atoms in total. The second-order valence-electron chi connectivity index (χ2n) is 15.9. The van der Waals surface area contributed by atoms with E-state index in [2.05, 4.69) is 60.6 Å². The molecule has 204 valence electrons. The van der Waals surface area contributed by atoms with Crippen molar-refractivity contribution in [3.63, 3.8) is 0 Å².